The lowest BCUT2D eigenvalue weighted by Gasteiger charge is -2.52. The molecule has 0 aromatic carbocycles. The molecule has 4 atom stereocenters. The van der Waals surface area contributed by atoms with Gasteiger partial charge in [-0.05, 0) is 56.3 Å². The van der Waals surface area contributed by atoms with Crippen molar-refractivity contribution in [2.45, 2.75) is 51.5 Å². The van der Waals surface area contributed by atoms with Crippen molar-refractivity contribution in [2.75, 3.05) is 6.61 Å². The summed E-state index contributed by atoms with van der Waals surface area (Å²) in [5.74, 6) is 1.23. The average Bonchev–Trinajstić information content (AvgIpc) is 2.10. The summed E-state index contributed by atoms with van der Waals surface area (Å²) in [4.78, 5) is 15.1. The van der Waals surface area contributed by atoms with Crippen molar-refractivity contribution < 1.29 is 9.92 Å². The molecular weight excluding hydrogens is 220 g/mol. The van der Waals surface area contributed by atoms with Gasteiger partial charge in [0.05, 0.1) is 0 Å². The number of nitrogens with two attached hydrogens (primary N) is 1. The van der Waals surface area contributed by atoms with Gasteiger partial charge in [-0.1, -0.05) is 6.92 Å². The Morgan fingerprint density at radius 3 is 2.82 bits per heavy atom. The third-order valence-electron chi connectivity index (χ3n) is 4.25. The van der Waals surface area contributed by atoms with Crippen molar-refractivity contribution in [1.29, 1.82) is 0 Å². The van der Waals surface area contributed by atoms with Gasteiger partial charge in [-0.3, -0.25) is 0 Å². The number of nitrogens with zero attached hydrogens (tertiary/aromatic N) is 1. The van der Waals surface area contributed by atoms with Crippen LogP contribution in [0, 0.1) is 27.4 Å². The zero-order valence-corrected chi connectivity index (χ0v) is 10.6. The van der Waals surface area contributed by atoms with Crippen LogP contribution in [0.25, 0.3) is 0 Å². The van der Waals surface area contributed by atoms with Crippen LogP contribution < -0.4 is 5.73 Å². The lowest BCUT2D eigenvalue weighted by atomic mass is 9.55. The largest absolute Gasteiger partial charge is 0.325 e. The van der Waals surface area contributed by atoms with Gasteiger partial charge in [0.2, 0.25) is 0 Å². The average molecular weight is 242 g/mol. The molecule has 2 fully saturated rings. The first-order chi connectivity index (χ1) is 7.80. The van der Waals surface area contributed by atoms with Crippen molar-refractivity contribution >= 4 is 0 Å². The Morgan fingerprint density at radius 2 is 2.18 bits per heavy atom. The fourth-order valence-electron chi connectivity index (χ4n) is 4.42. The zero-order chi connectivity index (χ0) is 12.7. The topological polar surface area (TPSA) is 78.4 Å². The molecule has 2 N–H and O–H groups in total. The summed E-state index contributed by atoms with van der Waals surface area (Å²) < 4.78 is 0. The molecule has 2 bridgehead atoms. The molecule has 0 saturated heterocycles. The van der Waals surface area contributed by atoms with E-state index in [1.54, 1.807) is 0 Å². The van der Waals surface area contributed by atoms with Crippen LogP contribution in [-0.2, 0) is 4.84 Å². The summed E-state index contributed by atoms with van der Waals surface area (Å²) in [6.07, 6.45) is 5.13. The van der Waals surface area contributed by atoms with Gasteiger partial charge in [-0.15, -0.1) is 10.1 Å². The highest BCUT2D eigenvalue weighted by atomic mass is 16.9. The second-order valence-corrected chi connectivity index (χ2v) is 6.65. The van der Waals surface area contributed by atoms with E-state index in [1.165, 1.54) is 6.42 Å². The van der Waals surface area contributed by atoms with E-state index in [-0.39, 0.29) is 17.6 Å². The first-order valence-corrected chi connectivity index (χ1v) is 6.36. The minimum absolute atomic E-state index is 0.0723. The van der Waals surface area contributed by atoms with Crippen LogP contribution in [0.2, 0.25) is 0 Å². The Hall–Kier alpha value is -0.840. The molecule has 0 heterocycles. The van der Waals surface area contributed by atoms with E-state index in [2.05, 4.69) is 18.7 Å². The Balaban J connectivity index is 2.12. The highest BCUT2D eigenvalue weighted by Gasteiger charge is 2.48. The molecule has 0 amide bonds. The molecule has 0 aromatic heterocycles. The highest BCUT2D eigenvalue weighted by molar-refractivity contribution is 5.01. The molecule has 2 saturated carbocycles. The van der Waals surface area contributed by atoms with E-state index in [0.717, 1.165) is 25.7 Å². The van der Waals surface area contributed by atoms with E-state index < -0.39 is 5.09 Å². The molecule has 0 radical (unpaired) electrons. The highest BCUT2D eigenvalue weighted by Crippen LogP contribution is 2.53. The molecule has 4 unspecified atom stereocenters. The second kappa shape index (κ2) is 4.12. The molecular formula is C12H22N2O3. The molecule has 0 spiro atoms. The van der Waals surface area contributed by atoms with Crippen LogP contribution in [0.4, 0.5) is 0 Å². The van der Waals surface area contributed by atoms with Gasteiger partial charge in [0.1, 0.15) is 6.61 Å². The first-order valence-electron chi connectivity index (χ1n) is 6.36. The Morgan fingerprint density at radius 1 is 1.47 bits per heavy atom. The Labute approximate surface area is 102 Å². The molecule has 5 nitrogen and oxygen atoms in total. The SMILES string of the molecule is CC1CC2CC(C)(N)CC(CO[N+](=O)[O-])(C1)C2. The van der Waals surface area contributed by atoms with E-state index in [4.69, 9.17) is 5.73 Å². The number of hydrogen-bond acceptors (Lipinski definition) is 4. The van der Waals surface area contributed by atoms with Gasteiger partial charge in [0, 0.05) is 5.54 Å². The van der Waals surface area contributed by atoms with Crippen molar-refractivity contribution in [1.82, 2.24) is 0 Å². The normalized spacial score (nSPS) is 45.4. The summed E-state index contributed by atoms with van der Waals surface area (Å²) in [7, 11) is 0. The summed E-state index contributed by atoms with van der Waals surface area (Å²) in [6.45, 7) is 4.51. The molecule has 98 valence electrons. The van der Waals surface area contributed by atoms with Crippen LogP contribution in [0.1, 0.15) is 46.0 Å². The maximum absolute atomic E-state index is 10.4. The van der Waals surface area contributed by atoms with Gasteiger partial charge in [0.15, 0.2) is 0 Å². The summed E-state index contributed by atoms with van der Waals surface area (Å²) >= 11 is 0. The third-order valence-corrected chi connectivity index (χ3v) is 4.25. The van der Waals surface area contributed by atoms with Gasteiger partial charge < -0.3 is 10.6 Å². The molecule has 2 aliphatic carbocycles. The van der Waals surface area contributed by atoms with Crippen molar-refractivity contribution in [3.05, 3.63) is 10.1 Å². The van der Waals surface area contributed by atoms with Crippen molar-refractivity contribution in [2.24, 2.45) is 23.0 Å². The van der Waals surface area contributed by atoms with Crippen molar-refractivity contribution in [3.63, 3.8) is 0 Å². The molecule has 2 rings (SSSR count). The smallest absolute Gasteiger partial charge is 0.294 e. The second-order valence-electron chi connectivity index (χ2n) is 6.65. The van der Waals surface area contributed by atoms with Gasteiger partial charge in [-0.25, -0.2) is 0 Å². The van der Waals surface area contributed by atoms with Crippen LogP contribution in [0.5, 0.6) is 0 Å². The Bertz CT molecular complexity index is 315. The van der Waals surface area contributed by atoms with Crippen LogP contribution >= 0.6 is 0 Å². The van der Waals surface area contributed by atoms with Crippen molar-refractivity contribution in [3.8, 4) is 0 Å². The van der Waals surface area contributed by atoms with Crippen LogP contribution in [-0.4, -0.2) is 17.2 Å². The maximum Gasteiger partial charge on any atom is 0.294 e. The number of rotatable bonds is 3. The van der Waals surface area contributed by atoms with E-state index in [9.17, 15) is 10.1 Å². The summed E-state index contributed by atoms with van der Waals surface area (Å²) in [5, 5.41) is 9.72. The quantitative estimate of drug-likeness (QED) is 0.607. The van der Waals surface area contributed by atoms with Gasteiger partial charge in [0.25, 0.3) is 5.09 Å². The maximum atomic E-state index is 10.4. The lowest BCUT2D eigenvalue weighted by molar-refractivity contribution is -0.761. The molecule has 17 heavy (non-hydrogen) atoms. The predicted molar refractivity (Wildman–Crippen MR) is 63.7 cm³/mol. The Kier molecular flexibility index (Phi) is 3.06. The van der Waals surface area contributed by atoms with E-state index in [0.29, 0.717) is 11.8 Å². The number of hydrogen-bond donors (Lipinski definition) is 1. The summed E-state index contributed by atoms with van der Waals surface area (Å²) in [5.41, 5.74) is 6.02. The fraction of sp³-hybridized carbons (Fsp3) is 1.00. The standard InChI is InChI=1S/C12H22N2O3/c1-9-3-10-5-11(2,13)7-12(4-9,6-10)8-17-14(15)16/h9-10H,3-8,13H2,1-2H3. The first kappa shape index (κ1) is 12.6. The molecule has 0 aromatic rings. The third kappa shape index (κ3) is 2.89. The van der Waals surface area contributed by atoms with Gasteiger partial charge >= 0.3 is 0 Å². The minimum Gasteiger partial charge on any atom is -0.325 e. The molecule has 2 aliphatic rings. The molecule has 0 aliphatic heterocycles. The minimum atomic E-state index is -0.675. The van der Waals surface area contributed by atoms with E-state index >= 15 is 0 Å². The number of fused-ring (bicyclic) bond motifs is 2. The predicted octanol–water partition coefficient (Wildman–Crippen LogP) is 2.13. The van der Waals surface area contributed by atoms with Gasteiger partial charge in [-0.2, -0.15) is 0 Å². The lowest BCUT2D eigenvalue weighted by Crippen LogP contribution is -2.53. The summed E-state index contributed by atoms with van der Waals surface area (Å²) in [6, 6.07) is 0. The van der Waals surface area contributed by atoms with E-state index in [1.807, 2.05) is 0 Å². The van der Waals surface area contributed by atoms with Crippen LogP contribution in [0.3, 0.4) is 0 Å². The van der Waals surface area contributed by atoms with Crippen LogP contribution in [0.15, 0.2) is 0 Å². The monoisotopic (exact) mass is 242 g/mol. The zero-order valence-electron chi connectivity index (χ0n) is 10.6. The fourth-order valence-corrected chi connectivity index (χ4v) is 4.42. The molecule has 5 heteroatoms.